The minimum absolute atomic E-state index is 0. The first-order valence-electron chi connectivity index (χ1n) is 2.98. The Kier molecular flexibility index (Phi) is 4.27. The summed E-state index contributed by atoms with van der Waals surface area (Å²) in [6.07, 6.45) is 0. The largest absolute Gasteiger partial charge is 0.147 e. The third-order valence-electron chi connectivity index (χ3n) is 1.22. The van der Waals surface area contributed by atoms with Gasteiger partial charge in [0.05, 0.1) is 0 Å². The van der Waals surface area contributed by atoms with Crippen LogP contribution in [0.1, 0.15) is 11.1 Å². The molecule has 0 aliphatic carbocycles. The summed E-state index contributed by atoms with van der Waals surface area (Å²) in [7, 11) is 0. The Morgan fingerprint density at radius 3 is 1.70 bits per heavy atom. The predicted octanol–water partition coefficient (Wildman–Crippen LogP) is 1.90. The van der Waals surface area contributed by atoms with Gasteiger partial charge in [-0.05, 0) is 0 Å². The number of rotatable bonds is 0. The summed E-state index contributed by atoms with van der Waals surface area (Å²) in [6.45, 7) is 4.25. The van der Waals surface area contributed by atoms with Crippen molar-refractivity contribution in [3.05, 3.63) is 29.3 Å². The molecular weight excluding hydrogens is 179 g/mol. The van der Waals surface area contributed by atoms with Gasteiger partial charge in [-0.1, -0.05) is 0 Å². The van der Waals surface area contributed by atoms with Crippen LogP contribution in [0.4, 0.5) is 0 Å². The number of aryl methyl sites for hydroxylation is 2. The van der Waals surface area contributed by atoms with Crippen molar-refractivity contribution in [2.45, 2.75) is 13.8 Å². The van der Waals surface area contributed by atoms with Gasteiger partial charge in [0.2, 0.25) is 0 Å². The first-order chi connectivity index (χ1) is 4.18. The Hall–Kier alpha value is 0.224. The minimum atomic E-state index is 0. The molecule has 1 rings (SSSR count). The first kappa shape index (κ1) is 10.2. The second kappa shape index (κ2) is 4.18. The maximum absolute atomic E-state index is 2.19. The van der Waals surface area contributed by atoms with Crippen LogP contribution in [-0.2, 0) is 20.4 Å². The van der Waals surface area contributed by atoms with Gasteiger partial charge in [0.15, 0.2) is 0 Å². The molecule has 0 radical (unpaired) electrons. The monoisotopic (exact) mass is 189 g/mol. The van der Waals surface area contributed by atoms with Crippen LogP contribution in [0, 0.1) is 13.8 Å². The Bertz CT molecular complexity index is 170. The maximum Gasteiger partial charge on any atom is -0.147 e. The van der Waals surface area contributed by atoms with Crippen LogP contribution in [0.2, 0.25) is 0 Å². The van der Waals surface area contributed by atoms with Crippen molar-refractivity contribution in [3.8, 4) is 0 Å². The second-order valence-corrected chi connectivity index (χ2v) is 3.28. The summed E-state index contributed by atoms with van der Waals surface area (Å²) in [5.41, 5.74) is 2.71. The molecule has 0 saturated carbocycles. The second-order valence-electron chi connectivity index (χ2n) is 2.38. The Balaban J connectivity index is 0.000000810. The molecule has 0 aromatic heterocycles. The van der Waals surface area contributed by atoms with Gasteiger partial charge in [0.1, 0.15) is 0 Å². The number of halogens is 1. The summed E-state index contributed by atoms with van der Waals surface area (Å²) in [5.74, 6) is 0. The molecule has 1 aromatic carbocycles. The third kappa shape index (κ3) is 2.87. The molecule has 0 bridgehead atoms. The van der Waals surface area contributed by atoms with E-state index in [1.807, 2.05) is 0 Å². The van der Waals surface area contributed by atoms with Gasteiger partial charge >= 0.3 is 67.5 Å². The van der Waals surface area contributed by atoms with Crippen LogP contribution in [0.5, 0.6) is 0 Å². The topological polar surface area (TPSA) is 0 Å². The minimum Gasteiger partial charge on any atom is -0.147 e. The zero-order valence-corrected chi connectivity index (χ0v) is 8.52. The van der Waals surface area contributed by atoms with Crippen LogP contribution in [-0.4, -0.2) is 0 Å². The molecule has 0 unspecified atom stereocenters. The van der Waals surface area contributed by atoms with E-state index in [1.165, 1.54) is 15.0 Å². The average Bonchev–Trinajstić information content (AvgIpc) is 1.59. The Morgan fingerprint density at radius 2 is 1.40 bits per heavy atom. The molecule has 53 valence electrons. The van der Waals surface area contributed by atoms with Crippen molar-refractivity contribution in [2.24, 2.45) is 0 Å². The normalized spacial score (nSPS) is 8.50. The molecule has 0 fully saturated rings. The van der Waals surface area contributed by atoms with E-state index in [0.717, 1.165) is 0 Å². The van der Waals surface area contributed by atoms with Crippen molar-refractivity contribution in [3.63, 3.8) is 0 Å². The summed E-state index contributed by atoms with van der Waals surface area (Å²) < 4.78 is 1.35. The fraction of sp³-hybridized carbons (Fsp3) is 0.250. The van der Waals surface area contributed by atoms with Crippen LogP contribution in [0.3, 0.4) is 0 Å². The van der Waals surface area contributed by atoms with E-state index >= 15 is 0 Å². The van der Waals surface area contributed by atoms with Gasteiger partial charge in [-0.25, -0.2) is 0 Å². The van der Waals surface area contributed by atoms with Gasteiger partial charge in [0, 0.05) is 0 Å². The number of benzene rings is 1. The summed E-state index contributed by atoms with van der Waals surface area (Å²) >= 11 is 2.12. The van der Waals surface area contributed by atoms with Crippen LogP contribution in [0.25, 0.3) is 0 Å². The first-order valence-corrected chi connectivity index (χ1v) is 3.76. The van der Waals surface area contributed by atoms with Crippen molar-refractivity contribution in [1.82, 2.24) is 0 Å². The Labute approximate surface area is 79.8 Å². The quantitative estimate of drug-likeness (QED) is 0.547. The fourth-order valence-corrected chi connectivity index (χ4v) is 1.69. The van der Waals surface area contributed by atoms with Crippen LogP contribution < -0.4 is 3.87 Å². The van der Waals surface area contributed by atoms with E-state index in [9.17, 15) is 0 Å². The van der Waals surface area contributed by atoms with Gasteiger partial charge in [-0.15, -0.1) is 12.4 Å². The van der Waals surface area contributed by atoms with Gasteiger partial charge in [-0.2, -0.15) is 0 Å². The van der Waals surface area contributed by atoms with Gasteiger partial charge in [0.25, 0.3) is 0 Å². The smallest absolute Gasteiger partial charge is 0.147 e. The van der Waals surface area contributed by atoms with E-state index in [1.54, 1.807) is 0 Å². The molecule has 0 nitrogen and oxygen atoms in total. The number of hydrogen-bond donors (Lipinski definition) is 0. The Morgan fingerprint density at radius 1 is 1.00 bits per heavy atom. The molecule has 0 atom stereocenters. The SMILES string of the molecule is Cc1cc(C)c[c]([Ti])c1.Cl. The van der Waals surface area contributed by atoms with E-state index in [-0.39, 0.29) is 12.4 Å². The molecule has 0 amide bonds. The molecule has 0 heterocycles. The summed E-state index contributed by atoms with van der Waals surface area (Å²) in [6, 6.07) is 6.56. The van der Waals surface area contributed by atoms with Crippen LogP contribution >= 0.6 is 12.4 Å². The van der Waals surface area contributed by atoms with E-state index in [2.05, 4.69) is 52.5 Å². The summed E-state index contributed by atoms with van der Waals surface area (Å²) in [5, 5.41) is 0. The molecule has 1 aromatic rings. The molecule has 10 heavy (non-hydrogen) atoms. The van der Waals surface area contributed by atoms with Crippen molar-refractivity contribution in [2.75, 3.05) is 0 Å². The van der Waals surface area contributed by atoms with Crippen LogP contribution in [0.15, 0.2) is 18.2 Å². The summed E-state index contributed by atoms with van der Waals surface area (Å²) in [4.78, 5) is 0. The van der Waals surface area contributed by atoms with Gasteiger partial charge in [-0.3, -0.25) is 0 Å². The standard InChI is InChI=1S/C8H9.ClH.Ti/c1-7-4-3-5-8(2)6-7;;/h4-6H,1-2H3;1H;. The molecule has 0 saturated heterocycles. The van der Waals surface area contributed by atoms with E-state index in [0.29, 0.717) is 0 Å². The molecule has 0 N–H and O–H groups in total. The van der Waals surface area contributed by atoms with E-state index in [4.69, 9.17) is 0 Å². The zero-order valence-electron chi connectivity index (χ0n) is 6.14. The van der Waals surface area contributed by atoms with Gasteiger partial charge < -0.3 is 0 Å². The molecule has 2 heteroatoms. The molecule has 0 spiro atoms. The third-order valence-corrected chi connectivity index (χ3v) is 1.67. The van der Waals surface area contributed by atoms with E-state index < -0.39 is 0 Å². The average molecular weight is 189 g/mol. The van der Waals surface area contributed by atoms with Crippen molar-refractivity contribution in [1.29, 1.82) is 0 Å². The zero-order chi connectivity index (χ0) is 6.85. The number of hydrogen-bond acceptors (Lipinski definition) is 0. The molecule has 0 aliphatic heterocycles. The molecular formula is C8H10ClTi. The fourth-order valence-electron chi connectivity index (χ4n) is 0.975. The maximum atomic E-state index is 2.19. The molecule has 0 aliphatic rings. The van der Waals surface area contributed by atoms with Crippen molar-refractivity contribution >= 4 is 16.3 Å². The predicted molar refractivity (Wildman–Crippen MR) is 42.8 cm³/mol. The van der Waals surface area contributed by atoms with Crippen molar-refractivity contribution < 1.29 is 20.4 Å².